The number of thiazole rings is 1. The van der Waals surface area contributed by atoms with E-state index in [4.69, 9.17) is 15.6 Å². The summed E-state index contributed by atoms with van der Waals surface area (Å²) in [6.45, 7) is 3.91. The normalized spacial score (nSPS) is 15.4. The van der Waals surface area contributed by atoms with Crippen LogP contribution < -0.4 is 15.8 Å². The van der Waals surface area contributed by atoms with E-state index in [1.807, 2.05) is 44.3 Å². The third-order valence-corrected chi connectivity index (χ3v) is 6.24. The number of anilines is 1. The Labute approximate surface area is 179 Å². The Kier molecular flexibility index (Phi) is 5.74. The Bertz CT molecular complexity index is 1080. The number of hydrogen-bond donors (Lipinski definition) is 3. The van der Waals surface area contributed by atoms with Crippen LogP contribution in [0.15, 0.2) is 42.6 Å². The first-order valence-electron chi connectivity index (χ1n) is 10.0. The van der Waals surface area contributed by atoms with Gasteiger partial charge in [-0.15, -0.1) is 11.3 Å². The van der Waals surface area contributed by atoms with Gasteiger partial charge in [0.15, 0.2) is 0 Å². The van der Waals surface area contributed by atoms with Crippen molar-refractivity contribution in [3.8, 4) is 26.8 Å². The molecule has 0 radical (unpaired) electrons. The van der Waals surface area contributed by atoms with Crippen molar-refractivity contribution >= 4 is 23.0 Å². The minimum Gasteiger partial charge on any atom is -0.489 e. The standard InChI is InChI=1S/C23H25N3O3S/c1-13(2)29-20-9-6-14(10-18(20)24)23-26-11-21(30-23)17-5-3-4-16-15(17)7-8-19(16)25-12-22(27)28/h3-6,9-11,13,19,25H,7-8,12,24H2,1-2H3,(H,27,28)/t19-/m0/s1. The van der Waals surface area contributed by atoms with Crippen LogP contribution in [0.2, 0.25) is 0 Å². The summed E-state index contributed by atoms with van der Waals surface area (Å²) in [6, 6.07) is 12.1. The van der Waals surface area contributed by atoms with Crippen molar-refractivity contribution < 1.29 is 14.6 Å². The van der Waals surface area contributed by atoms with Gasteiger partial charge >= 0.3 is 5.97 Å². The van der Waals surface area contributed by atoms with Gasteiger partial charge in [0, 0.05) is 17.8 Å². The second-order valence-corrected chi connectivity index (χ2v) is 8.72. The maximum absolute atomic E-state index is 10.9. The number of hydrogen-bond acceptors (Lipinski definition) is 6. The van der Waals surface area contributed by atoms with Crippen LogP contribution in [0.1, 0.15) is 37.4 Å². The molecule has 0 saturated heterocycles. The van der Waals surface area contributed by atoms with E-state index in [-0.39, 0.29) is 18.7 Å². The molecular weight excluding hydrogens is 398 g/mol. The number of carboxylic acid groups (broad SMARTS) is 1. The van der Waals surface area contributed by atoms with Crippen LogP contribution in [-0.4, -0.2) is 28.7 Å². The van der Waals surface area contributed by atoms with Crippen molar-refractivity contribution in [2.45, 2.75) is 38.8 Å². The molecule has 0 spiro atoms. The minimum atomic E-state index is -0.837. The van der Waals surface area contributed by atoms with Crippen molar-refractivity contribution in [2.75, 3.05) is 12.3 Å². The molecule has 0 saturated carbocycles. The molecule has 1 aliphatic rings. The van der Waals surface area contributed by atoms with Gasteiger partial charge in [0.25, 0.3) is 0 Å². The van der Waals surface area contributed by atoms with E-state index in [0.29, 0.717) is 11.4 Å². The molecule has 0 unspecified atom stereocenters. The van der Waals surface area contributed by atoms with Crippen LogP contribution >= 0.6 is 11.3 Å². The van der Waals surface area contributed by atoms with Crippen molar-refractivity contribution in [1.82, 2.24) is 10.3 Å². The number of rotatable bonds is 7. The van der Waals surface area contributed by atoms with Crippen LogP contribution in [0.4, 0.5) is 5.69 Å². The van der Waals surface area contributed by atoms with E-state index in [9.17, 15) is 4.79 Å². The Morgan fingerprint density at radius 1 is 1.37 bits per heavy atom. The molecule has 4 N–H and O–H groups in total. The van der Waals surface area contributed by atoms with E-state index in [0.717, 1.165) is 28.3 Å². The summed E-state index contributed by atoms with van der Waals surface area (Å²) < 4.78 is 5.72. The lowest BCUT2D eigenvalue weighted by atomic mass is 10.0. The summed E-state index contributed by atoms with van der Waals surface area (Å²) in [5, 5.41) is 13.0. The highest BCUT2D eigenvalue weighted by atomic mass is 32.1. The number of carboxylic acids is 1. The van der Waals surface area contributed by atoms with Gasteiger partial charge in [-0.1, -0.05) is 18.2 Å². The molecule has 1 heterocycles. The number of ether oxygens (including phenoxy) is 1. The maximum atomic E-state index is 10.9. The van der Waals surface area contributed by atoms with Crippen LogP contribution in [0.25, 0.3) is 21.0 Å². The summed E-state index contributed by atoms with van der Waals surface area (Å²) in [5.74, 6) is -0.151. The highest BCUT2D eigenvalue weighted by Gasteiger charge is 2.25. The van der Waals surface area contributed by atoms with Gasteiger partial charge in [-0.05, 0) is 61.6 Å². The molecule has 1 aromatic heterocycles. The molecule has 156 valence electrons. The van der Waals surface area contributed by atoms with Crippen LogP contribution in [0.3, 0.4) is 0 Å². The lowest BCUT2D eigenvalue weighted by Crippen LogP contribution is -2.25. The SMILES string of the molecule is CC(C)Oc1ccc(-c2ncc(-c3cccc4c3CC[C@@H]4NCC(=O)O)s2)cc1N. The Morgan fingerprint density at radius 3 is 2.93 bits per heavy atom. The Hall–Kier alpha value is -2.90. The smallest absolute Gasteiger partial charge is 0.317 e. The van der Waals surface area contributed by atoms with Gasteiger partial charge in [0.05, 0.1) is 23.2 Å². The molecule has 3 aromatic rings. The average Bonchev–Trinajstić information content (AvgIpc) is 3.34. The second-order valence-electron chi connectivity index (χ2n) is 7.69. The number of carbonyl (C=O) groups is 1. The van der Waals surface area contributed by atoms with Crippen molar-refractivity contribution in [3.05, 3.63) is 53.7 Å². The lowest BCUT2D eigenvalue weighted by Gasteiger charge is -2.13. The highest BCUT2D eigenvalue weighted by Crippen LogP contribution is 2.41. The minimum absolute atomic E-state index is 0.0308. The first-order chi connectivity index (χ1) is 14.4. The first-order valence-corrected chi connectivity index (χ1v) is 10.8. The quantitative estimate of drug-likeness (QED) is 0.484. The number of nitrogens with two attached hydrogens (primary N) is 1. The molecule has 30 heavy (non-hydrogen) atoms. The zero-order chi connectivity index (χ0) is 21.3. The molecular formula is C23H25N3O3S. The summed E-state index contributed by atoms with van der Waals surface area (Å²) >= 11 is 1.63. The first kappa shape index (κ1) is 20.4. The summed E-state index contributed by atoms with van der Waals surface area (Å²) in [7, 11) is 0. The fourth-order valence-corrected chi connectivity index (χ4v) is 4.85. The summed E-state index contributed by atoms with van der Waals surface area (Å²) in [6.07, 6.45) is 3.80. The molecule has 2 aromatic carbocycles. The number of nitrogens with zero attached hydrogens (tertiary/aromatic N) is 1. The van der Waals surface area contributed by atoms with E-state index in [2.05, 4.69) is 22.4 Å². The van der Waals surface area contributed by atoms with E-state index < -0.39 is 5.97 Å². The van der Waals surface area contributed by atoms with E-state index >= 15 is 0 Å². The van der Waals surface area contributed by atoms with Crippen molar-refractivity contribution in [2.24, 2.45) is 0 Å². The predicted octanol–water partition coefficient (Wildman–Crippen LogP) is 4.51. The summed E-state index contributed by atoms with van der Waals surface area (Å²) in [4.78, 5) is 16.6. The van der Waals surface area contributed by atoms with Crippen molar-refractivity contribution in [1.29, 1.82) is 0 Å². The monoisotopic (exact) mass is 423 g/mol. The maximum Gasteiger partial charge on any atom is 0.317 e. The van der Waals surface area contributed by atoms with Gasteiger partial charge < -0.3 is 20.9 Å². The fourth-order valence-electron chi connectivity index (χ4n) is 3.88. The van der Waals surface area contributed by atoms with Gasteiger partial charge in [-0.2, -0.15) is 0 Å². The molecule has 6 nitrogen and oxygen atoms in total. The Balaban J connectivity index is 1.60. The van der Waals surface area contributed by atoms with Crippen LogP contribution in [0.5, 0.6) is 5.75 Å². The van der Waals surface area contributed by atoms with Crippen LogP contribution in [-0.2, 0) is 11.2 Å². The number of benzene rings is 2. The Morgan fingerprint density at radius 2 is 2.20 bits per heavy atom. The molecule has 0 aliphatic heterocycles. The second kappa shape index (κ2) is 8.45. The van der Waals surface area contributed by atoms with Gasteiger partial charge in [-0.3, -0.25) is 4.79 Å². The number of fused-ring (bicyclic) bond motifs is 1. The third kappa shape index (κ3) is 4.17. The number of nitrogen functional groups attached to an aromatic ring is 1. The number of aliphatic carboxylic acids is 1. The molecule has 0 amide bonds. The molecule has 1 atom stereocenters. The van der Waals surface area contributed by atoms with Gasteiger partial charge in [0.1, 0.15) is 10.8 Å². The molecule has 4 rings (SSSR count). The molecule has 0 bridgehead atoms. The number of nitrogens with one attached hydrogen (secondary N) is 1. The zero-order valence-corrected chi connectivity index (χ0v) is 17.8. The lowest BCUT2D eigenvalue weighted by molar-refractivity contribution is -0.136. The fraction of sp³-hybridized carbons (Fsp3) is 0.304. The van der Waals surface area contributed by atoms with Crippen LogP contribution in [0, 0.1) is 0 Å². The average molecular weight is 424 g/mol. The predicted molar refractivity (Wildman–Crippen MR) is 120 cm³/mol. The topological polar surface area (TPSA) is 97.5 Å². The third-order valence-electron chi connectivity index (χ3n) is 5.16. The molecule has 7 heteroatoms. The largest absolute Gasteiger partial charge is 0.489 e. The van der Waals surface area contributed by atoms with E-state index in [1.54, 1.807) is 11.3 Å². The zero-order valence-electron chi connectivity index (χ0n) is 17.0. The highest BCUT2D eigenvalue weighted by molar-refractivity contribution is 7.18. The van der Waals surface area contributed by atoms with E-state index in [1.165, 1.54) is 16.7 Å². The van der Waals surface area contributed by atoms with Gasteiger partial charge in [-0.25, -0.2) is 4.98 Å². The number of aromatic nitrogens is 1. The van der Waals surface area contributed by atoms with Crippen molar-refractivity contribution in [3.63, 3.8) is 0 Å². The summed E-state index contributed by atoms with van der Waals surface area (Å²) in [5.41, 5.74) is 11.4. The van der Waals surface area contributed by atoms with Gasteiger partial charge in [0.2, 0.25) is 0 Å². The molecule has 0 fully saturated rings. The molecule has 1 aliphatic carbocycles.